The van der Waals surface area contributed by atoms with Crippen molar-refractivity contribution in [3.63, 3.8) is 0 Å². The SMILES string of the molecule is COc1ccc(Br)c2c1C(=O)N=C2. The molecule has 0 atom stereocenters. The van der Waals surface area contributed by atoms with E-state index in [2.05, 4.69) is 20.9 Å². The smallest absolute Gasteiger partial charge is 0.281 e. The molecule has 3 nitrogen and oxygen atoms in total. The zero-order chi connectivity index (χ0) is 9.42. The molecule has 0 N–H and O–H groups in total. The van der Waals surface area contributed by atoms with Crippen LogP contribution in [0.25, 0.3) is 0 Å². The molecule has 1 aliphatic rings. The van der Waals surface area contributed by atoms with E-state index in [1.165, 1.54) is 7.11 Å². The molecular formula is C9H6BrNO2. The fraction of sp³-hybridized carbons (Fsp3) is 0.111. The summed E-state index contributed by atoms with van der Waals surface area (Å²) in [5, 5.41) is 0. The summed E-state index contributed by atoms with van der Waals surface area (Å²) in [6, 6.07) is 3.58. The Labute approximate surface area is 83.6 Å². The zero-order valence-corrected chi connectivity index (χ0v) is 8.46. The fourth-order valence-electron chi connectivity index (χ4n) is 1.28. The summed E-state index contributed by atoms with van der Waals surface area (Å²) >= 11 is 3.34. The van der Waals surface area contributed by atoms with E-state index >= 15 is 0 Å². The number of hydrogen-bond acceptors (Lipinski definition) is 2. The number of hydrogen-bond donors (Lipinski definition) is 0. The van der Waals surface area contributed by atoms with E-state index in [0.717, 1.165) is 10.0 Å². The van der Waals surface area contributed by atoms with Gasteiger partial charge in [-0.1, -0.05) is 15.9 Å². The molecule has 1 aromatic rings. The molecule has 0 saturated carbocycles. The van der Waals surface area contributed by atoms with Crippen LogP contribution in [0.1, 0.15) is 15.9 Å². The van der Waals surface area contributed by atoms with Gasteiger partial charge in [-0.3, -0.25) is 4.79 Å². The number of carbonyl (C=O) groups excluding carboxylic acids is 1. The van der Waals surface area contributed by atoms with Gasteiger partial charge in [-0.15, -0.1) is 0 Å². The van der Waals surface area contributed by atoms with E-state index in [-0.39, 0.29) is 5.91 Å². The lowest BCUT2D eigenvalue weighted by Gasteiger charge is -2.05. The van der Waals surface area contributed by atoms with E-state index in [9.17, 15) is 4.79 Å². The molecule has 0 fully saturated rings. The number of aliphatic imine (C=N–C) groups is 1. The van der Waals surface area contributed by atoms with Gasteiger partial charge in [0.25, 0.3) is 5.91 Å². The highest BCUT2D eigenvalue weighted by molar-refractivity contribution is 9.10. The minimum atomic E-state index is -0.242. The highest BCUT2D eigenvalue weighted by Crippen LogP contribution is 2.31. The number of methoxy groups -OCH3 is 1. The number of halogens is 1. The predicted octanol–water partition coefficient (Wildman–Crippen LogP) is 2.03. The highest BCUT2D eigenvalue weighted by atomic mass is 79.9. The van der Waals surface area contributed by atoms with Crippen LogP contribution in [0, 0.1) is 0 Å². The summed E-state index contributed by atoms with van der Waals surface area (Å²) in [5.74, 6) is 0.328. The van der Waals surface area contributed by atoms with Gasteiger partial charge >= 0.3 is 0 Å². The Hall–Kier alpha value is -1.16. The third kappa shape index (κ3) is 1.18. The second-order valence-corrected chi connectivity index (χ2v) is 3.46. The molecule has 1 amide bonds. The monoisotopic (exact) mass is 239 g/mol. The predicted molar refractivity (Wildman–Crippen MR) is 52.6 cm³/mol. The first-order chi connectivity index (χ1) is 6.24. The lowest BCUT2D eigenvalue weighted by Crippen LogP contribution is -1.97. The lowest BCUT2D eigenvalue weighted by atomic mass is 10.1. The third-order valence-corrected chi connectivity index (χ3v) is 2.59. The summed E-state index contributed by atoms with van der Waals surface area (Å²) in [4.78, 5) is 15.0. The van der Waals surface area contributed by atoms with Crippen LogP contribution in [0.4, 0.5) is 0 Å². The number of carbonyl (C=O) groups is 1. The van der Waals surface area contributed by atoms with Crippen LogP contribution in [-0.2, 0) is 0 Å². The molecule has 2 rings (SSSR count). The van der Waals surface area contributed by atoms with Gasteiger partial charge in [-0.25, -0.2) is 4.99 Å². The van der Waals surface area contributed by atoms with Crippen LogP contribution in [0.15, 0.2) is 21.6 Å². The molecule has 0 radical (unpaired) electrons. The van der Waals surface area contributed by atoms with Crippen LogP contribution in [0.5, 0.6) is 5.75 Å². The van der Waals surface area contributed by atoms with E-state index in [1.54, 1.807) is 12.3 Å². The molecule has 0 bridgehead atoms. The van der Waals surface area contributed by atoms with Crippen LogP contribution < -0.4 is 4.74 Å². The van der Waals surface area contributed by atoms with Gasteiger partial charge in [0.05, 0.1) is 12.7 Å². The lowest BCUT2D eigenvalue weighted by molar-refractivity contribution is 0.100. The van der Waals surface area contributed by atoms with Gasteiger partial charge in [0.2, 0.25) is 0 Å². The van der Waals surface area contributed by atoms with Crippen molar-refractivity contribution in [2.75, 3.05) is 7.11 Å². The van der Waals surface area contributed by atoms with Crippen molar-refractivity contribution in [3.05, 3.63) is 27.7 Å². The quantitative estimate of drug-likeness (QED) is 0.753. The molecule has 13 heavy (non-hydrogen) atoms. The zero-order valence-electron chi connectivity index (χ0n) is 6.87. The van der Waals surface area contributed by atoms with E-state index < -0.39 is 0 Å². The van der Waals surface area contributed by atoms with Crippen molar-refractivity contribution < 1.29 is 9.53 Å². The first kappa shape index (κ1) is 8.44. The van der Waals surface area contributed by atoms with Crippen LogP contribution >= 0.6 is 15.9 Å². The first-order valence-corrected chi connectivity index (χ1v) is 4.48. The van der Waals surface area contributed by atoms with Crippen molar-refractivity contribution in [1.29, 1.82) is 0 Å². The summed E-state index contributed by atoms with van der Waals surface area (Å²) in [5.41, 5.74) is 1.33. The second kappa shape index (κ2) is 2.96. The molecule has 1 heterocycles. The largest absolute Gasteiger partial charge is 0.496 e. The van der Waals surface area contributed by atoms with Gasteiger partial charge in [0, 0.05) is 16.3 Å². The van der Waals surface area contributed by atoms with E-state index in [4.69, 9.17) is 4.74 Å². The van der Waals surface area contributed by atoms with Crippen LogP contribution in [0.2, 0.25) is 0 Å². The molecule has 66 valence electrons. The number of amides is 1. The number of fused-ring (bicyclic) bond motifs is 1. The summed E-state index contributed by atoms with van der Waals surface area (Å²) in [6.07, 6.45) is 1.55. The number of rotatable bonds is 1. The molecule has 1 aromatic carbocycles. The molecule has 1 aliphatic heterocycles. The Bertz CT molecular complexity index is 412. The van der Waals surface area contributed by atoms with E-state index in [0.29, 0.717) is 11.3 Å². The van der Waals surface area contributed by atoms with Crippen molar-refractivity contribution in [3.8, 4) is 5.75 Å². The Kier molecular flexibility index (Phi) is 1.92. The molecule has 0 saturated heterocycles. The van der Waals surface area contributed by atoms with Crippen molar-refractivity contribution in [1.82, 2.24) is 0 Å². The number of benzene rings is 1. The Morgan fingerprint density at radius 2 is 2.23 bits per heavy atom. The van der Waals surface area contributed by atoms with Gasteiger partial charge in [0.1, 0.15) is 5.75 Å². The van der Waals surface area contributed by atoms with Crippen LogP contribution in [0.3, 0.4) is 0 Å². The minimum Gasteiger partial charge on any atom is -0.496 e. The number of ether oxygens (including phenoxy) is 1. The Balaban J connectivity index is 2.71. The molecule has 0 aromatic heterocycles. The summed E-state index contributed by atoms with van der Waals surface area (Å²) in [6.45, 7) is 0. The normalized spacial score (nSPS) is 13.2. The Morgan fingerprint density at radius 1 is 1.46 bits per heavy atom. The maximum atomic E-state index is 11.3. The van der Waals surface area contributed by atoms with Crippen LogP contribution in [-0.4, -0.2) is 19.2 Å². The fourth-order valence-corrected chi connectivity index (χ4v) is 1.71. The number of nitrogens with zero attached hydrogens (tertiary/aromatic N) is 1. The molecule has 0 spiro atoms. The Morgan fingerprint density at radius 3 is 2.92 bits per heavy atom. The maximum absolute atomic E-state index is 11.3. The topological polar surface area (TPSA) is 38.7 Å². The van der Waals surface area contributed by atoms with Gasteiger partial charge in [-0.2, -0.15) is 0 Å². The van der Waals surface area contributed by atoms with Crippen molar-refractivity contribution in [2.24, 2.45) is 4.99 Å². The van der Waals surface area contributed by atoms with Gasteiger partial charge in [-0.05, 0) is 12.1 Å². The third-order valence-electron chi connectivity index (χ3n) is 1.90. The second-order valence-electron chi connectivity index (χ2n) is 2.60. The van der Waals surface area contributed by atoms with Gasteiger partial charge in [0.15, 0.2) is 0 Å². The minimum absolute atomic E-state index is 0.242. The maximum Gasteiger partial charge on any atom is 0.281 e. The average molecular weight is 240 g/mol. The summed E-state index contributed by atoms with van der Waals surface area (Å²) in [7, 11) is 1.54. The van der Waals surface area contributed by atoms with Gasteiger partial charge < -0.3 is 4.74 Å². The van der Waals surface area contributed by atoms with E-state index in [1.807, 2.05) is 6.07 Å². The average Bonchev–Trinajstić information content (AvgIpc) is 2.51. The standard InChI is InChI=1S/C9H6BrNO2/c1-13-7-3-2-6(10)5-4-11-9(12)8(5)7/h2-4H,1H3. The molecular weight excluding hydrogens is 234 g/mol. The molecule has 0 unspecified atom stereocenters. The first-order valence-electron chi connectivity index (χ1n) is 3.69. The summed E-state index contributed by atoms with van der Waals surface area (Å²) < 4.78 is 5.92. The van der Waals surface area contributed by atoms with Crippen molar-refractivity contribution >= 4 is 28.1 Å². The molecule has 4 heteroatoms. The highest BCUT2D eigenvalue weighted by Gasteiger charge is 2.22. The van der Waals surface area contributed by atoms with Crippen molar-refractivity contribution in [2.45, 2.75) is 0 Å². The molecule has 0 aliphatic carbocycles.